The Morgan fingerprint density at radius 3 is 2.90 bits per heavy atom. The van der Waals surface area contributed by atoms with Crippen LogP contribution in [0, 0.1) is 0 Å². The van der Waals surface area contributed by atoms with Gasteiger partial charge < -0.3 is 19.7 Å². The summed E-state index contributed by atoms with van der Waals surface area (Å²) in [4.78, 5) is 14.5. The number of likely N-dealkylation sites (tertiary alicyclic amines) is 1. The summed E-state index contributed by atoms with van der Waals surface area (Å²) in [5, 5.41) is 3.35. The standard InChI is InChI=1S/C15H22N2O3/c1-4-20-14(18)15(8-9-17(2)11-15)16-12-6-5-7-13(10-12)19-3/h5-7,10,16H,4,8-9,11H2,1-3H3. The molecule has 1 unspecified atom stereocenters. The quantitative estimate of drug-likeness (QED) is 0.832. The number of hydrogen-bond acceptors (Lipinski definition) is 5. The fourth-order valence-electron chi connectivity index (χ4n) is 2.57. The van der Waals surface area contributed by atoms with Gasteiger partial charge in [0.2, 0.25) is 0 Å². The maximum Gasteiger partial charge on any atom is 0.333 e. The Balaban J connectivity index is 2.21. The van der Waals surface area contributed by atoms with Crippen molar-refractivity contribution < 1.29 is 14.3 Å². The van der Waals surface area contributed by atoms with E-state index < -0.39 is 5.54 Å². The molecule has 1 aromatic carbocycles. The topological polar surface area (TPSA) is 50.8 Å². The lowest BCUT2D eigenvalue weighted by atomic mass is 9.98. The second-order valence-electron chi connectivity index (χ2n) is 5.15. The van der Waals surface area contributed by atoms with Gasteiger partial charge in [0.15, 0.2) is 0 Å². The SMILES string of the molecule is CCOC(=O)C1(Nc2cccc(OC)c2)CCN(C)C1. The van der Waals surface area contributed by atoms with Crippen LogP contribution >= 0.6 is 0 Å². The van der Waals surface area contributed by atoms with Crippen LogP contribution < -0.4 is 10.1 Å². The molecule has 0 spiro atoms. The molecule has 1 aliphatic rings. The molecule has 0 saturated carbocycles. The molecule has 1 heterocycles. The third kappa shape index (κ3) is 3.04. The van der Waals surface area contributed by atoms with Gasteiger partial charge in [-0.1, -0.05) is 6.07 Å². The maximum atomic E-state index is 12.3. The van der Waals surface area contributed by atoms with Crippen molar-refractivity contribution in [2.75, 3.05) is 39.2 Å². The Labute approximate surface area is 119 Å². The summed E-state index contributed by atoms with van der Waals surface area (Å²) in [6.45, 7) is 3.73. The summed E-state index contributed by atoms with van der Waals surface area (Å²) in [6.07, 6.45) is 0.736. The van der Waals surface area contributed by atoms with Crippen LogP contribution in [0.15, 0.2) is 24.3 Å². The van der Waals surface area contributed by atoms with E-state index in [2.05, 4.69) is 10.2 Å². The monoisotopic (exact) mass is 278 g/mol. The van der Waals surface area contributed by atoms with Crippen molar-refractivity contribution in [1.29, 1.82) is 0 Å². The zero-order valence-electron chi connectivity index (χ0n) is 12.3. The van der Waals surface area contributed by atoms with Crippen molar-refractivity contribution >= 4 is 11.7 Å². The molecule has 1 aliphatic heterocycles. The zero-order chi connectivity index (χ0) is 14.6. The van der Waals surface area contributed by atoms with Gasteiger partial charge in [0.05, 0.1) is 13.7 Å². The molecular formula is C15H22N2O3. The van der Waals surface area contributed by atoms with Crippen LogP contribution in [0.25, 0.3) is 0 Å². The van der Waals surface area contributed by atoms with Crippen molar-refractivity contribution in [2.24, 2.45) is 0 Å². The Morgan fingerprint density at radius 2 is 2.30 bits per heavy atom. The van der Waals surface area contributed by atoms with Crippen molar-refractivity contribution in [3.05, 3.63) is 24.3 Å². The summed E-state index contributed by atoms with van der Waals surface area (Å²) in [6, 6.07) is 7.60. The Hall–Kier alpha value is -1.75. The summed E-state index contributed by atoms with van der Waals surface area (Å²) >= 11 is 0. The fourth-order valence-corrected chi connectivity index (χ4v) is 2.57. The van der Waals surface area contributed by atoms with Gasteiger partial charge in [-0.2, -0.15) is 0 Å². The molecule has 0 radical (unpaired) electrons. The molecule has 0 amide bonds. The molecule has 5 heteroatoms. The summed E-state index contributed by atoms with van der Waals surface area (Å²) in [5.41, 5.74) is 0.199. The Morgan fingerprint density at radius 1 is 1.50 bits per heavy atom. The number of methoxy groups -OCH3 is 1. The number of carbonyl (C=O) groups excluding carboxylic acids is 1. The first-order valence-corrected chi connectivity index (χ1v) is 6.87. The largest absolute Gasteiger partial charge is 0.497 e. The molecule has 5 nitrogen and oxygen atoms in total. The van der Waals surface area contributed by atoms with Crippen molar-refractivity contribution in [2.45, 2.75) is 18.9 Å². The highest BCUT2D eigenvalue weighted by Crippen LogP contribution is 2.28. The van der Waals surface area contributed by atoms with E-state index in [4.69, 9.17) is 9.47 Å². The molecule has 20 heavy (non-hydrogen) atoms. The number of nitrogens with one attached hydrogen (secondary N) is 1. The van der Waals surface area contributed by atoms with Gasteiger partial charge in [0.1, 0.15) is 11.3 Å². The number of rotatable bonds is 5. The summed E-state index contributed by atoms with van der Waals surface area (Å²) < 4.78 is 10.5. The smallest absolute Gasteiger partial charge is 0.333 e. The third-order valence-corrected chi connectivity index (χ3v) is 3.58. The summed E-state index contributed by atoms with van der Waals surface area (Å²) in [5.74, 6) is 0.576. The lowest BCUT2D eigenvalue weighted by Crippen LogP contribution is -2.49. The summed E-state index contributed by atoms with van der Waals surface area (Å²) in [7, 11) is 3.64. The number of ether oxygens (including phenoxy) is 2. The first-order chi connectivity index (χ1) is 9.59. The van der Waals surface area contributed by atoms with Crippen molar-refractivity contribution in [1.82, 2.24) is 4.90 Å². The second-order valence-corrected chi connectivity index (χ2v) is 5.15. The Bertz CT molecular complexity index is 478. The van der Waals surface area contributed by atoms with E-state index in [1.54, 1.807) is 7.11 Å². The number of nitrogens with zero attached hydrogens (tertiary/aromatic N) is 1. The lowest BCUT2D eigenvalue weighted by Gasteiger charge is -2.29. The molecule has 110 valence electrons. The van der Waals surface area contributed by atoms with Crippen LogP contribution in [-0.2, 0) is 9.53 Å². The van der Waals surface area contributed by atoms with Crippen LogP contribution in [0.2, 0.25) is 0 Å². The van der Waals surface area contributed by atoms with Gasteiger partial charge in [-0.05, 0) is 32.5 Å². The molecule has 0 aromatic heterocycles. The van der Waals surface area contributed by atoms with Gasteiger partial charge in [-0.15, -0.1) is 0 Å². The van der Waals surface area contributed by atoms with Crippen molar-refractivity contribution in [3.63, 3.8) is 0 Å². The highest BCUT2D eigenvalue weighted by Gasteiger charge is 2.45. The predicted molar refractivity (Wildman–Crippen MR) is 78.1 cm³/mol. The van der Waals surface area contributed by atoms with E-state index in [0.29, 0.717) is 13.2 Å². The fraction of sp³-hybridized carbons (Fsp3) is 0.533. The number of esters is 1. The third-order valence-electron chi connectivity index (χ3n) is 3.58. The van der Waals surface area contributed by atoms with Gasteiger partial charge in [-0.25, -0.2) is 4.79 Å². The van der Waals surface area contributed by atoms with Crippen LogP contribution in [-0.4, -0.2) is 50.3 Å². The number of benzene rings is 1. The van der Waals surface area contributed by atoms with Crippen LogP contribution in [0.4, 0.5) is 5.69 Å². The molecule has 1 saturated heterocycles. The molecule has 0 bridgehead atoms. The van der Waals surface area contributed by atoms with Gasteiger partial charge >= 0.3 is 5.97 Å². The van der Waals surface area contributed by atoms with E-state index in [0.717, 1.165) is 24.4 Å². The molecule has 1 aromatic rings. The van der Waals surface area contributed by atoms with Gasteiger partial charge in [0, 0.05) is 24.8 Å². The van der Waals surface area contributed by atoms with Crippen molar-refractivity contribution in [3.8, 4) is 5.75 Å². The first kappa shape index (κ1) is 14.7. The van der Waals surface area contributed by atoms with E-state index in [1.807, 2.05) is 38.2 Å². The average molecular weight is 278 g/mol. The minimum atomic E-state index is -0.670. The number of carbonyl (C=O) groups is 1. The van der Waals surface area contributed by atoms with Gasteiger partial charge in [0.25, 0.3) is 0 Å². The van der Waals surface area contributed by atoms with Gasteiger partial charge in [-0.3, -0.25) is 0 Å². The van der Waals surface area contributed by atoms with E-state index >= 15 is 0 Å². The van der Waals surface area contributed by atoms with E-state index in [9.17, 15) is 4.79 Å². The number of likely N-dealkylation sites (N-methyl/N-ethyl adjacent to an activating group) is 1. The lowest BCUT2D eigenvalue weighted by molar-refractivity contribution is -0.148. The molecular weight excluding hydrogens is 256 g/mol. The number of anilines is 1. The van der Waals surface area contributed by atoms with Crippen LogP contribution in [0.5, 0.6) is 5.75 Å². The molecule has 1 atom stereocenters. The highest BCUT2D eigenvalue weighted by atomic mass is 16.5. The first-order valence-electron chi connectivity index (χ1n) is 6.87. The molecule has 1 N–H and O–H groups in total. The predicted octanol–water partition coefficient (Wildman–Crippen LogP) is 1.74. The molecule has 2 rings (SSSR count). The molecule has 1 fully saturated rings. The van der Waals surface area contributed by atoms with Crippen LogP contribution in [0.3, 0.4) is 0 Å². The minimum absolute atomic E-state index is 0.188. The van der Waals surface area contributed by atoms with Crippen LogP contribution in [0.1, 0.15) is 13.3 Å². The van der Waals surface area contributed by atoms with E-state index in [1.165, 1.54) is 0 Å². The average Bonchev–Trinajstić information content (AvgIpc) is 2.82. The Kier molecular flexibility index (Phi) is 4.49. The van der Waals surface area contributed by atoms with E-state index in [-0.39, 0.29) is 5.97 Å². The number of hydrogen-bond donors (Lipinski definition) is 1. The highest BCUT2D eigenvalue weighted by molar-refractivity contribution is 5.85. The minimum Gasteiger partial charge on any atom is -0.497 e. The zero-order valence-corrected chi connectivity index (χ0v) is 12.3. The maximum absolute atomic E-state index is 12.3. The molecule has 0 aliphatic carbocycles. The second kappa shape index (κ2) is 6.13. The normalized spacial score (nSPS) is 22.6.